The second-order valence-electron chi connectivity index (χ2n) is 8.46. The van der Waals surface area contributed by atoms with Crippen LogP contribution < -0.4 is 10.6 Å². The summed E-state index contributed by atoms with van der Waals surface area (Å²) < 4.78 is 0. The van der Waals surface area contributed by atoms with Gasteiger partial charge in [-0.3, -0.25) is 14.4 Å². The minimum atomic E-state index is -0.696. The molecule has 0 spiro atoms. The van der Waals surface area contributed by atoms with Gasteiger partial charge in [0.1, 0.15) is 6.04 Å². The minimum Gasteiger partial charge on any atom is -0.396 e. The Kier molecular flexibility index (Phi) is 8.32. The summed E-state index contributed by atoms with van der Waals surface area (Å²) in [4.78, 5) is 41.4. The van der Waals surface area contributed by atoms with Crippen LogP contribution in [0.4, 0.5) is 5.69 Å². The summed E-state index contributed by atoms with van der Waals surface area (Å²) in [5, 5.41) is 15.3. The van der Waals surface area contributed by atoms with E-state index in [0.717, 1.165) is 12.8 Å². The smallest absolute Gasteiger partial charge is 0.247 e. The molecule has 1 heterocycles. The molecule has 0 saturated carbocycles. The van der Waals surface area contributed by atoms with Gasteiger partial charge in [-0.15, -0.1) is 0 Å². The Morgan fingerprint density at radius 1 is 1.09 bits per heavy atom. The summed E-state index contributed by atoms with van der Waals surface area (Å²) in [7, 11) is 1.58. The Morgan fingerprint density at radius 3 is 2.44 bits per heavy atom. The van der Waals surface area contributed by atoms with E-state index in [1.54, 1.807) is 36.2 Å². The zero-order valence-electron chi connectivity index (χ0n) is 18.6. The number of fused-ring (bicyclic) bond motifs is 1. The maximum atomic E-state index is 13.6. The first-order chi connectivity index (χ1) is 15.4. The van der Waals surface area contributed by atoms with Gasteiger partial charge in [-0.25, -0.2) is 0 Å². The first-order valence-corrected chi connectivity index (χ1v) is 11.7. The van der Waals surface area contributed by atoms with Crippen molar-refractivity contribution in [1.29, 1.82) is 0 Å². The third kappa shape index (κ3) is 4.99. The van der Waals surface area contributed by atoms with Gasteiger partial charge >= 0.3 is 0 Å². The van der Waals surface area contributed by atoms with Crippen molar-refractivity contribution in [1.82, 2.24) is 10.2 Å². The molecule has 7 nitrogen and oxygen atoms in total. The van der Waals surface area contributed by atoms with Crippen LogP contribution in [-0.4, -0.2) is 54.0 Å². The minimum absolute atomic E-state index is 0.0468. The van der Waals surface area contributed by atoms with Crippen LogP contribution in [0.2, 0.25) is 5.02 Å². The molecule has 1 aliphatic heterocycles. The molecule has 0 aromatic heterocycles. The normalized spacial score (nSPS) is 26.7. The largest absolute Gasteiger partial charge is 0.396 e. The number of aliphatic hydroxyl groups excluding tert-OH is 1. The zero-order valence-corrected chi connectivity index (χ0v) is 19.3. The molecule has 1 aromatic carbocycles. The number of likely N-dealkylation sites (tertiary alicyclic amines) is 1. The summed E-state index contributed by atoms with van der Waals surface area (Å²) in [5.41, 5.74) is 0.601. The highest BCUT2D eigenvalue weighted by Crippen LogP contribution is 2.45. The van der Waals surface area contributed by atoms with Crippen molar-refractivity contribution < 1.29 is 19.5 Å². The molecule has 174 valence electrons. The SMILES string of the molecule is CC[C@@H]1C=C[C@H]2[C@H](C(=O)N(CCCCCO)[C@@H]2C(=O)Nc2ccc(Cl)cc2)[C@@H]1C(=O)NC. The number of carbonyl (C=O) groups is 3. The van der Waals surface area contributed by atoms with E-state index in [1.165, 1.54) is 0 Å². The number of unbranched alkanes of at least 4 members (excludes halogenated alkanes) is 2. The first kappa shape index (κ1) is 24.3. The van der Waals surface area contributed by atoms with E-state index in [2.05, 4.69) is 10.6 Å². The van der Waals surface area contributed by atoms with Crippen molar-refractivity contribution in [3.05, 3.63) is 41.4 Å². The fraction of sp³-hybridized carbons (Fsp3) is 0.542. The molecule has 2 aliphatic rings. The fourth-order valence-electron chi connectivity index (χ4n) is 4.97. The molecule has 0 unspecified atom stereocenters. The molecule has 1 aromatic rings. The molecular weight excluding hydrogens is 430 g/mol. The lowest BCUT2D eigenvalue weighted by Crippen LogP contribution is -2.45. The third-order valence-electron chi connectivity index (χ3n) is 6.57. The number of nitrogens with zero attached hydrogens (tertiary/aromatic N) is 1. The maximum Gasteiger partial charge on any atom is 0.247 e. The summed E-state index contributed by atoms with van der Waals surface area (Å²) in [6.45, 7) is 2.51. The summed E-state index contributed by atoms with van der Waals surface area (Å²) in [6, 6.07) is 6.13. The van der Waals surface area contributed by atoms with Gasteiger partial charge in [0.25, 0.3) is 0 Å². The van der Waals surface area contributed by atoms with Gasteiger partial charge in [0.15, 0.2) is 0 Å². The maximum absolute atomic E-state index is 13.6. The third-order valence-corrected chi connectivity index (χ3v) is 6.82. The van der Waals surface area contributed by atoms with E-state index < -0.39 is 17.9 Å². The summed E-state index contributed by atoms with van der Waals surface area (Å²) in [5.74, 6) is -2.07. The second-order valence-corrected chi connectivity index (χ2v) is 8.89. The number of allylic oxidation sites excluding steroid dienone is 1. The number of carbonyl (C=O) groups excluding carboxylic acids is 3. The number of anilines is 1. The van der Waals surface area contributed by atoms with Crippen LogP contribution in [0.1, 0.15) is 32.6 Å². The van der Waals surface area contributed by atoms with E-state index in [-0.39, 0.29) is 36.2 Å². The number of aliphatic hydroxyl groups is 1. The number of amides is 3. The fourth-order valence-corrected chi connectivity index (χ4v) is 5.10. The van der Waals surface area contributed by atoms with E-state index in [1.807, 2.05) is 19.1 Å². The quantitative estimate of drug-likeness (QED) is 0.389. The number of rotatable bonds is 9. The molecule has 1 aliphatic carbocycles. The molecule has 3 N–H and O–H groups in total. The van der Waals surface area contributed by atoms with Crippen LogP contribution in [0.15, 0.2) is 36.4 Å². The van der Waals surface area contributed by atoms with Gasteiger partial charge in [0.2, 0.25) is 17.7 Å². The number of hydrogen-bond donors (Lipinski definition) is 3. The molecule has 3 amide bonds. The van der Waals surface area contributed by atoms with Crippen LogP contribution >= 0.6 is 11.6 Å². The molecule has 5 atom stereocenters. The molecule has 32 heavy (non-hydrogen) atoms. The van der Waals surface area contributed by atoms with Crippen molar-refractivity contribution >= 4 is 35.0 Å². The van der Waals surface area contributed by atoms with Gasteiger partial charge in [0, 0.05) is 36.8 Å². The number of nitrogens with one attached hydrogen (secondary N) is 2. The van der Waals surface area contributed by atoms with Crippen LogP contribution in [0, 0.1) is 23.7 Å². The zero-order chi connectivity index (χ0) is 23.3. The van der Waals surface area contributed by atoms with Crippen molar-refractivity contribution in [2.24, 2.45) is 23.7 Å². The first-order valence-electron chi connectivity index (χ1n) is 11.3. The highest BCUT2D eigenvalue weighted by Gasteiger charge is 2.56. The highest BCUT2D eigenvalue weighted by molar-refractivity contribution is 6.30. The lowest BCUT2D eigenvalue weighted by molar-refractivity contribution is -0.140. The molecule has 0 radical (unpaired) electrons. The Hall–Kier alpha value is -2.38. The van der Waals surface area contributed by atoms with Crippen LogP contribution in [0.5, 0.6) is 0 Å². The van der Waals surface area contributed by atoms with E-state index >= 15 is 0 Å². The van der Waals surface area contributed by atoms with Crippen molar-refractivity contribution in [3.8, 4) is 0 Å². The molecule has 1 saturated heterocycles. The summed E-state index contributed by atoms with van der Waals surface area (Å²) in [6.07, 6.45) is 6.77. The second kappa shape index (κ2) is 11.0. The topological polar surface area (TPSA) is 98.7 Å². The van der Waals surface area contributed by atoms with Gasteiger partial charge in [-0.1, -0.05) is 30.7 Å². The lowest BCUT2D eigenvalue weighted by Gasteiger charge is -2.33. The molecule has 1 fully saturated rings. The van der Waals surface area contributed by atoms with Crippen molar-refractivity contribution in [2.75, 3.05) is 25.5 Å². The van der Waals surface area contributed by atoms with E-state index in [4.69, 9.17) is 16.7 Å². The monoisotopic (exact) mass is 461 g/mol. The van der Waals surface area contributed by atoms with Gasteiger partial charge < -0.3 is 20.6 Å². The number of halogens is 1. The predicted molar refractivity (Wildman–Crippen MR) is 124 cm³/mol. The van der Waals surface area contributed by atoms with E-state index in [0.29, 0.717) is 30.1 Å². The van der Waals surface area contributed by atoms with Gasteiger partial charge in [-0.2, -0.15) is 0 Å². The average Bonchev–Trinajstić information content (AvgIpc) is 3.08. The standard InChI is InChI=1S/C24H32ClN3O4/c1-3-15-7-12-18-20(19(15)22(30)26-2)24(32)28(13-5-4-6-14-29)21(18)23(31)27-17-10-8-16(25)9-11-17/h7-12,15,18-21,29H,3-6,13-14H2,1-2H3,(H,26,30)(H,27,31)/t15-,18+,19-,20+,21+/m1/s1. The number of benzene rings is 1. The Balaban J connectivity index is 1.91. The Morgan fingerprint density at radius 2 is 1.81 bits per heavy atom. The van der Waals surface area contributed by atoms with Crippen molar-refractivity contribution in [3.63, 3.8) is 0 Å². The molecule has 8 heteroatoms. The average molecular weight is 462 g/mol. The summed E-state index contributed by atoms with van der Waals surface area (Å²) >= 11 is 5.95. The molecule has 3 rings (SSSR count). The predicted octanol–water partition coefficient (Wildman–Crippen LogP) is 2.84. The van der Waals surface area contributed by atoms with Crippen molar-refractivity contribution in [2.45, 2.75) is 38.6 Å². The van der Waals surface area contributed by atoms with Gasteiger partial charge in [-0.05, 0) is 55.9 Å². The van der Waals surface area contributed by atoms with Crippen LogP contribution in [0.25, 0.3) is 0 Å². The Labute approximate surface area is 194 Å². The van der Waals surface area contributed by atoms with Gasteiger partial charge in [0.05, 0.1) is 11.8 Å². The molecule has 0 bridgehead atoms. The lowest BCUT2D eigenvalue weighted by atomic mass is 9.69. The number of hydrogen-bond acceptors (Lipinski definition) is 4. The van der Waals surface area contributed by atoms with Crippen LogP contribution in [-0.2, 0) is 14.4 Å². The highest BCUT2D eigenvalue weighted by atomic mass is 35.5. The van der Waals surface area contributed by atoms with E-state index in [9.17, 15) is 14.4 Å². The molecular formula is C24H32ClN3O4. The Bertz CT molecular complexity index is 857. The van der Waals surface area contributed by atoms with Crippen LogP contribution in [0.3, 0.4) is 0 Å².